The van der Waals surface area contributed by atoms with Crippen LogP contribution in [-0.4, -0.2) is 37.0 Å². The smallest absolute Gasteiger partial charge is 0.356 e. The molecular formula is C11H14N2O5. The van der Waals surface area contributed by atoms with Gasteiger partial charge >= 0.3 is 11.9 Å². The predicted molar refractivity (Wildman–Crippen MR) is 62.4 cm³/mol. The fraction of sp³-hybridized carbons (Fsp3) is 0.364. The molecule has 2 N–H and O–H groups in total. The lowest BCUT2D eigenvalue weighted by Gasteiger charge is -2.06. The Hall–Kier alpha value is -2.31. The van der Waals surface area contributed by atoms with Crippen molar-refractivity contribution in [3.05, 3.63) is 17.5 Å². The Balaban J connectivity index is 3.20. The topological polar surface area (TPSA) is 97.5 Å². The molecule has 0 aliphatic rings. The van der Waals surface area contributed by atoms with Crippen molar-refractivity contribution < 1.29 is 23.9 Å². The van der Waals surface area contributed by atoms with Gasteiger partial charge in [-0.3, -0.25) is 4.79 Å². The van der Waals surface area contributed by atoms with Crippen LogP contribution in [0, 0.1) is 0 Å². The van der Waals surface area contributed by atoms with Gasteiger partial charge in [-0.25, -0.2) is 9.59 Å². The molecule has 18 heavy (non-hydrogen) atoms. The number of aromatic nitrogens is 1. The lowest BCUT2D eigenvalue weighted by atomic mass is 10.2. The van der Waals surface area contributed by atoms with E-state index in [1.165, 1.54) is 20.4 Å². The molecule has 0 spiro atoms. The summed E-state index contributed by atoms with van der Waals surface area (Å²) in [7, 11) is 2.41. The zero-order valence-corrected chi connectivity index (χ0v) is 10.3. The van der Waals surface area contributed by atoms with Crippen molar-refractivity contribution >= 4 is 23.5 Å². The molecule has 0 aliphatic carbocycles. The first-order valence-corrected chi connectivity index (χ1v) is 5.23. The number of rotatable bonds is 4. The molecule has 1 heterocycles. The van der Waals surface area contributed by atoms with Crippen molar-refractivity contribution in [1.29, 1.82) is 0 Å². The number of hydrogen-bond donors (Lipinski definition) is 2. The summed E-state index contributed by atoms with van der Waals surface area (Å²) in [4.78, 5) is 36.9. The first kappa shape index (κ1) is 13.8. The third kappa shape index (κ3) is 2.68. The summed E-state index contributed by atoms with van der Waals surface area (Å²) >= 11 is 0. The maximum absolute atomic E-state index is 11.5. The van der Waals surface area contributed by atoms with Gasteiger partial charge in [0.25, 0.3) is 0 Å². The fourth-order valence-corrected chi connectivity index (χ4v) is 1.31. The molecule has 98 valence electrons. The number of H-pyrrole nitrogens is 1. The summed E-state index contributed by atoms with van der Waals surface area (Å²) in [6, 6.07) is 0. The minimum atomic E-state index is -0.684. The number of carbonyl (C=O) groups excluding carboxylic acids is 3. The van der Waals surface area contributed by atoms with E-state index in [0.717, 1.165) is 0 Å². The van der Waals surface area contributed by atoms with Crippen molar-refractivity contribution in [2.24, 2.45) is 0 Å². The molecule has 0 fully saturated rings. The molecule has 1 aromatic heterocycles. The SMILES string of the molecule is CCC(=O)Nc1c(C(=O)OC)c[nH]c1C(=O)OC. The molecule has 0 aliphatic heterocycles. The number of ether oxygens (including phenoxy) is 2. The van der Waals surface area contributed by atoms with Crippen LogP contribution in [0.3, 0.4) is 0 Å². The number of aromatic amines is 1. The van der Waals surface area contributed by atoms with E-state index in [0.29, 0.717) is 0 Å². The van der Waals surface area contributed by atoms with Gasteiger partial charge < -0.3 is 19.8 Å². The van der Waals surface area contributed by atoms with Crippen LogP contribution in [0.1, 0.15) is 34.2 Å². The molecule has 1 amide bonds. The largest absolute Gasteiger partial charge is 0.465 e. The first-order valence-electron chi connectivity index (χ1n) is 5.23. The Morgan fingerprint density at radius 2 is 1.83 bits per heavy atom. The Morgan fingerprint density at radius 3 is 2.33 bits per heavy atom. The summed E-state index contributed by atoms with van der Waals surface area (Å²) in [6.07, 6.45) is 1.50. The van der Waals surface area contributed by atoms with Crippen LogP contribution in [0.4, 0.5) is 5.69 Å². The van der Waals surface area contributed by atoms with Crippen LogP contribution in [0.2, 0.25) is 0 Å². The molecule has 0 aromatic carbocycles. The highest BCUT2D eigenvalue weighted by molar-refractivity contribution is 6.08. The highest BCUT2D eigenvalue weighted by atomic mass is 16.5. The maximum atomic E-state index is 11.5. The molecule has 0 saturated heterocycles. The van der Waals surface area contributed by atoms with E-state index in [9.17, 15) is 14.4 Å². The van der Waals surface area contributed by atoms with Gasteiger partial charge in [-0.1, -0.05) is 6.92 Å². The van der Waals surface area contributed by atoms with Crippen molar-refractivity contribution in [2.75, 3.05) is 19.5 Å². The number of nitrogens with one attached hydrogen (secondary N) is 2. The maximum Gasteiger partial charge on any atom is 0.356 e. The van der Waals surface area contributed by atoms with E-state index in [2.05, 4.69) is 19.8 Å². The van der Waals surface area contributed by atoms with E-state index < -0.39 is 11.9 Å². The third-order valence-electron chi connectivity index (χ3n) is 2.26. The molecule has 1 aromatic rings. The molecule has 0 atom stereocenters. The zero-order chi connectivity index (χ0) is 13.7. The lowest BCUT2D eigenvalue weighted by Crippen LogP contribution is -2.16. The van der Waals surface area contributed by atoms with Crippen molar-refractivity contribution in [2.45, 2.75) is 13.3 Å². The average Bonchev–Trinajstić information content (AvgIpc) is 2.80. The lowest BCUT2D eigenvalue weighted by molar-refractivity contribution is -0.115. The van der Waals surface area contributed by atoms with Gasteiger partial charge in [0.2, 0.25) is 5.91 Å². The van der Waals surface area contributed by atoms with E-state index >= 15 is 0 Å². The van der Waals surface area contributed by atoms with Crippen LogP contribution in [0.25, 0.3) is 0 Å². The number of amides is 1. The van der Waals surface area contributed by atoms with Crippen LogP contribution in [0.15, 0.2) is 6.20 Å². The van der Waals surface area contributed by atoms with E-state index in [1.807, 2.05) is 0 Å². The second-order valence-corrected chi connectivity index (χ2v) is 3.34. The number of methoxy groups -OCH3 is 2. The Kier molecular flexibility index (Phi) is 4.47. The standard InChI is InChI=1S/C11H14N2O5/c1-4-7(14)13-8-6(10(15)17-2)5-12-9(8)11(16)18-3/h5,12H,4H2,1-3H3,(H,13,14). The van der Waals surface area contributed by atoms with Crippen LogP contribution < -0.4 is 5.32 Å². The zero-order valence-electron chi connectivity index (χ0n) is 10.3. The van der Waals surface area contributed by atoms with E-state index in [-0.39, 0.29) is 29.3 Å². The number of anilines is 1. The Labute approximate surface area is 103 Å². The summed E-state index contributed by atoms with van der Waals surface area (Å²) in [5.74, 6) is -1.67. The third-order valence-corrected chi connectivity index (χ3v) is 2.26. The van der Waals surface area contributed by atoms with Crippen LogP contribution in [0.5, 0.6) is 0 Å². The first-order chi connectivity index (χ1) is 8.54. The van der Waals surface area contributed by atoms with Crippen molar-refractivity contribution in [3.8, 4) is 0 Å². The van der Waals surface area contributed by atoms with Crippen LogP contribution >= 0.6 is 0 Å². The van der Waals surface area contributed by atoms with Gasteiger partial charge in [0, 0.05) is 12.6 Å². The molecule has 0 saturated carbocycles. The molecule has 0 bridgehead atoms. The molecular weight excluding hydrogens is 240 g/mol. The Morgan fingerprint density at radius 1 is 1.22 bits per heavy atom. The number of hydrogen-bond acceptors (Lipinski definition) is 5. The fourth-order valence-electron chi connectivity index (χ4n) is 1.31. The summed E-state index contributed by atoms with van der Waals surface area (Å²) in [5, 5.41) is 2.47. The number of esters is 2. The average molecular weight is 254 g/mol. The highest BCUT2D eigenvalue weighted by Gasteiger charge is 2.23. The molecule has 0 unspecified atom stereocenters. The number of carbonyl (C=O) groups is 3. The van der Waals surface area contributed by atoms with Gasteiger partial charge in [-0.2, -0.15) is 0 Å². The van der Waals surface area contributed by atoms with E-state index in [4.69, 9.17) is 0 Å². The molecule has 7 heteroatoms. The van der Waals surface area contributed by atoms with Crippen LogP contribution in [-0.2, 0) is 14.3 Å². The van der Waals surface area contributed by atoms with Gasteiger partial charge in [0.15, 0.2) is 0 Å². The normalized spacial score (nSPS) is 9.72. The summed E-state index contributed by atoms with van der Waals surface area (Å²) in [5.41, 5.74) is 0.139. The second-order valence-electron chi connectivity index (χ2n) is 3.34. The predicted octanol–water partition coefficient (Wildman–Crippen LogP) is 0.936. The molecule has 0 radical (unpaired) electrons. The van der Waals surface area contributed by atoms with Crippen molar-refractivity contribution in [3.63, 3.8) is 0 Å². The van der Waals surface area contributed by atoms with Gasteiger partial charge in [0.05, 0.1) is 19.9 Å². The second kappa shape index (κ2) is 5.85. The monoisotopic (exact) mass is 254 g/mol. The summed E-state index contributed by atoms with van der Waals surface area (Å²) in [6.45, 7) is 1.65. The Bertz CT molecular complexity index is 444. The minimum Gasteiger partial charge on any atom is -0.465 e. The molecule has 1 rings (SSSR count). The minimum absolute atomic E-state index is 0.000278. The van der Waals surface area contributed by atoms with Gasteiger partial charge in [0.1, 0.15) is 11.3 Å². The highest BCUT2D eigenvalue weighted by Crippen LogP contribution is 2.22. The quantitative estimate of drug-likeness (QED) is 0.779. The molecule has 7 nitrogen and oxygen atoms in total. The van der Waals surface area contributed by atoms with Crippen molar-refractivity contribution in [1.82, 2.24) is 4.98 Å². The van der Waals surface area contributed by atoms with E-state index in [1.54, 1.807) is 6.92 Å². The summed E-state index contributed by atoms with van der Waals surface area (Å²) < 4.78 is 9.10. The van der Waals surface area contributed by atoms with Gasteiger partial charge in [-0.05, 0) is 0 Å². The van der Waals surface area contributed by atoms with Gasteiger partial charge in [-0.15, -0.1) is 0 Å².